The number of hydrogen-bond donors (Lipinski definition) is 0. The first-order valence-corrected chi connectivity index (χ1v) is 4.40. The number of rotatable bonds is 2. The fourth-order valence-corrected chi connectivity index (χ4v) is 1.09. The van der Waals surface area contributed by atoms with Gasteiger partial charge < -0.3 is 4.84 Å². The van der Waals surface area contributed by atoms with E-state index < -0.39 is 5.97 Å². The molecule has 2 aromatic rings. The lowest BCUT2D eigenvalue weighted by Crippen LogP contribution is -2.20. The fourth-order valence-electron chi connectivity index (χ4n) is 1.09. The molecule has 0 fully saturated rings. The first kappa shape index (κ1) is 9.39. The van der Waals surface area contributed by atoms with Crippen molar-refractivity contribution in [3.8, 4) is 0 Å². The first-order chi connectivity index (χ1) is 7.27. The highest BCUT2D eigenvalue weighted by molar-refractivity contribution is 5.89. The summed E-state index contributed by atoms with van der Waals surface area (Å²) in [6.07, 6.45) is 6.18. The van der Waals surface area contributed by atoms with Gasteiger partial charge in [-0.15, -0.1) is 0 Å². The van der Waals surface area contributed by atoms with Gasteiger partial charge >= 0.3 is 5.97 Å². The Morgan fingerprint density at radius 3 is 2.93 bits per heavy atom. The predicted octanol–water partition coefficient (Wildman–Crippen LogP) is 0.856. The Hall–Kier alpha value is -2.17. The lowest BCUT2D eigenvalue weighted by molar-refractivity contribution is 0.0449. The molecule has 0 saturated carbocycles. The molecule has 0 N–H and O–H groups in total. The molecule has 2 rings (SSSR count). The average Bonchev–Trinajstić information content (AvgIpc) is 2.66. The second-order valence-corrected chi connectivity index (χ2v) is 2.92. The molecule has 5 nitrogen and oxygen atoms in total. The van der Waals surface area contributed by atoms with E-state index in [-0.39, 0.29) is 0 Å². The van der Waals surface area contributed by atoms with E-state index in [1.54, 1.807) is 37.6 Å². The summed E-state index contributed by atoms with van der Waals surface area (Å²) in [6, 6.07) is 3.32. The molecule has 0 bridgehead atoms. The fraction of sp³-hybridized carbons (Fsp3) is 0.100. The van der Waals surface area contributed by atoms with Gasteiger partial charge in [-0.2, -0.15) is 4.73 Å². The van der Waals surface area contributed by atoms with Crippen molar-refractivity contribution in [1.29, 1.82) is 0 Å². The van der Waals surface area contributed by atoms with Crippen LogP contribution in [0.2, 0.25) is 0 Å². The van der Waals surface area contributed by atoms with Gasteiger partial charge in [-0.1, -0.05) is 0 Å². The second kappa shape index (κ2) is 3.91. The first-order valence-electron chi connectivity index (χ1n) is 4.40. The zero-order valence-electron chi connectivity index (χ0n) is 8.12. The molecule has 0 aliphatic carbocycles. The van der Waals surface area contributed by atoms with Gasteiger partial charge in [0.05, 0.1) is 11.8 Å². The SMILES string of the molecule is Cc1nccn1OC(=O)c1cccnc1. The molecule has 0 radical (unpaired) electrons. The monoisotopic (exact) mass is 203 g/mol. The molecule has 15 heavy (non-hydrogen) atoms. The van der Waals surface area contributed by atoms with Gasteiger partial charge in [0, 0.05) is 18.6 Å². The molecule has 2 heterocycles. The Morgan fingerprint density at radius 1 is 1.47 bits per heavy atom. The molecular weight excluding hydrogens is 194 g/mol. The molecule has 5 heteroatoms. The normalized spacial score (nSPS) is 9.93. The van der Waals surface area contributed by atoms with Gasteiger partial charge in [-0.3, -0.25) is 4.98 Å². The van der Waals surface area contributed by atoms with Crippen molar-refractivity contribution in [2.75, 3.05) is 0 Å². The Labute approximate surface area is 86.3 Å². The van der Waals surface area contributed by atoms with Crippen molar-refractivity contribution in [1.82, 2.24) is 14.7 Å². The summed E-state index contributed by atoms with van der Waals surface area (Å²) >= 11 is 0. The smallest absolute Gasteiger partial charge is 0.330 e. The minimum absolute atomic E-state index is 0.408. The van der Waals surface area contributed by atoms with E-state index in [0.29, 0.717) is 11.4 Å². The number of carbonyl (C=O) groups is 1. The maximum atomic E-state index is 11.6. The summed E-state index contributed by atoms with van der Waals surface area (Å²) < 4.78 is 1.31. The van der Waals surface area contributed by atoms with Crippen molar-refractivity contribution in [3.63, 3.8) is 0 Å². The lowest BCUT2D eigenvalue weighted by atomic mass is 10.3. The van der Waals surface area contributed by atoms with E-state index in [0.717, 1.165) is 0 Å². The lowest BCUT2D eigenvalue weighted by Gasteiger charge is -2.04. The highest BCUT2D eigenvalue weighted by Gasteiger charge is 2.09. The van der Waals surface area contributed by atoms with E-state index in [1.807, 2.05) is 0 Å². The van der Waals surface area contributed by atoms with Crippen LogP contribution in [-0.4, -0.2) is 20.7 Å². The third kappa shape index (κ3) is 2.01. The van der Waals surface area contributed by atoms with Gasteiger partial charge in [0.15, 0.2) is 0 Å². The third-order valence-corrected chi connectivity index (χ3v) is 1.86. The number of nitrogens with zero attached hydrogens (tertiary/aromatic N) is 3. The van der Waals surface area contributed by atoms with Crippen LogP contribution in [0.5, 0.6) is 0 Å². The number of hydrogen-bond acceptors (Lipinski definition) is 4. The van der Waals surface area contributed by atoms with Crippen molar-refractivity contribution < 1.29 is 9.63 Å². The minimum atomic E-state index is -0.454. The van der Waals surface area contributed by atoms with Crippen LogP contribution in [-0.2, 0) is 0 Å². The van der Waals surface area contributed by atoms with Crippen LogP contribution in [0.3, 0.4) is 0 Å². The summed E-state index contributed by atoms with van der Waals surface area (Å²) in [7, 11) is 0. The number of imidazole rings is 1. The summed E-state index contributed by atoms with van der Waals surface area (Å²) in [4.78, 5) is 24.4. The van der Waals surface area contributed by atoms with Crippen LogP contribution in [0, 0.1) is 6.92 Å². The third-order valence-electron chi connectivity index (χ3n) is 1.86. The zero-order valence-corrected chi connectivity index (χ0v) is 8.12. The van der Waals surface area contributed by atoms with Gasteiger partial charge in [-0.25, -0.2) is 9.78 Å². The van der Waals surface area contributed by atoms with Crippen LogP contribution in [0.4, 0.5) is 0 Å². The number of pyridine rings is 1. The maximum Gasteiger partial charge on any atom is 0.365 e. The molecule has 0 aliphatic heterocycles. The van der Waals surface area contributed by atoms with Crippen LogP contribution in [0.15, 0.2) is 36.9 Å². The average molecular weight is 203 g/mol. The topological polar surface area (TPSA) is 57.0 Å². The van der Waals surface area contributed by atoms with Crippen LogP contribution >= 0.6 is 0 Å². The molecule has 76 valence electrons. The molecule has 0 aliphatic rings. The second-order valence-electron chi connectivity index (χ2n) is 2.92. The van der Waals surface area contributed by atoms with E-state index >= 15 is 0 Å². The summed E-state index contributed by atoms with van der Waals surface area (Å²) in [6.45, 7) is 1.75. The molecule has 0 aromatic carbocycles. The highest BCUT2D eigenvalue weighted by Crippen LogP contribution is 1.98. The number of carbonyl (C=O) groups excluding carboxylic acids is 1. The molecular formula is C10H9N3O2. The molecule has 2 aromatic heterocycles. The standard InChI is InChI=1S/C10H9N3O2/c1-8-12-5-6-13(8)15-10(14)9-3-2-4-11-7-9/h2-7H,1H3. The molecule has 0 unspecified atom stereocenters. The van der Waals surface area contributed by atoms with Gasteiger partial charge in [0.25, 0.3) is 0 Å². The van der Waals surface area contributed by atoms with Crippen LogP contribution in [0.25, 0.3) is 0 Å². The number of aromatic nitrogens is 3. The van der Waals surface area contributed by atoms with E-state index in [2.05, 4.69) is 9.97 Å². The van der Waals surface area contributed by atoms with E-state index in [1.165, 1.54) is 10.9 Å². The van der Waals surface area contributed by atoms with Crippen molar-refractivity contribution in [2.24, 2.45) is 0 Å². The predicted molar refractivity (Wildman–Crippen MR) is 52.1 cm³/mol. The van der Waals surface area contributed by atoms with E-state index in [9.17, 15) is 4.79 Å². The molecule has 0 atom stereocenters. The van der Waals surface area contributed by atoms with Crippen molar-refractivity contribution in [3.05, 3.63) is 48.3 Å². The Bertz CT molecular complexity index is 465. The van der Waals surface area contributed by atoms with Crippen molar-refractivity contribution >= 4 is 5.97 Å². The van der Waals surface area contributed by atoms with Gasteiger partial charge in [-0.05, 0) is 19.1 Å². The van der Waals surface area contributed by atoms with E-state index in [4.69, 9.17) is 4.84 Å². The maximum absolute atomic E-state index is 11.6. The van der Waals surface area contributed by atoms with Crippen LogP contribution < -0.4 is 4.84 Å². The largest absolute Gasteiger partial charge is 0.365 e. The molecule has 0 spiro atoms. The molecule has 0 amide bonds. The highest BCUT2D eigenvalue weighted by atomic mass is 16.7. The van der Waals surface area contributed by atoms with Crippen LogP contribution in [0.1, 0.15) is 16.2 Å². The summed E-state index contributed by atoms with van der Waals surface area (Å²) in [5, 5.41) is 0. The number of aryl methyl sites for hydroxylation is 1. The quantitative estimate of drug-likeness (QED) is 0.726. The zero-order chi connectivity index (χ0) is 10.7. The van der Waals surface area contributed by atoms with Crippen molar-refractivity contribution in [2.45, 2.75) is 6.92 Å². The Balaban J connectivity index is 2.15. The summed E-state index contributed by atoms with van der Waals surface area (Å²) in [5.41, 5.74) is 0.408. The van der Waals surface area contributed by atoms with Gasteiger partial charge in [0.2, 0.25) is 0 Å². The summed E-state index contributed by atoms with van der Waals surface area (Å²) in [5.74, 6) is 0.163. The Morgan fingerprint density at radius 2 is 2.33 bits per heavy atom. The van der Waals surface area contributed by atoms with Gasteiger partial charge in [0.1, 0.15) is 5.82 Å². The molecule has 0 saturated heterocycles. The Kier molecular flexibility index (Phi) is 2.45. The minimum Gasteiger partial charge on any atom is -0.330 e.